The van der Waals surface area contributed by atoms with Crippen molar-refractivity contribution in [3.63, 3.8) is 0 Å². The second-order valence-corrected chi connectivity index (χ2v) is 5.44. The largest absolute Gasteiger partial charge is 0.368 e. The minimum absolute atomic E-state index is 0.0200. The number of hydrogen-bond acceptors (Lipinski definition) is 2. The molecule has 1 aromatic carbocycles. The summed E-state index contributed by atoms with van der Waals surface area (Å²) in [4.78, 5) is 25.5. The highest BCUT2D eigenvalue weighted by Gasteiger charge is 2.32. The smallest absolute Gasteiger partial charge is 0.240 e. The molecule has 0 fully saturated rings. The zero-order valence-corrected chi connectivity index (χ0v) is 12.1. The van der Waals surface area contributed by atoms with Crippen molar-refractivity contribution in [3.05, 3.63) is 35.4 Å². The van der Waals surface area contributed by atoms with Crippen LogP contribution < -0.4 is 5.73 Å². The predicted molar refractivity (Wildman–Crippen MR) is 78.2 cm³/mol. The summed E-state index contributed by atoms with van der Waals surface area (Å²) in [5.41, 5.74) is 7.64. The van der Waals surface area contributed by atoms with Crippen molar-refractivity contribution in [1.29, 1.82) is 0 Å². The van der Waals surface area contributed by atoms with Crippen LogP contribution in [0.4, 0.5) is 0 Å². The van der Waals surface area contributed by atoms with Gasteiger partial charge in [0.05, 0.1) is 0 Å². The maximum Gasteiger partial charge on any atom is 0.240 e. The monoisotopic (exact) mass is 294 g/mol. The molecule has 0 aromatic heterocycles. The summed E-state index contributed by atoms with van der Waals surface area (Å²) in [6.45, 7) is 0.462. The lowest BCUT2D eigenvalue weighted by Crippen LogP contribution is -2.51. The van der Waals surface area contributed by atoms with Gasteiger partial charge in [-0.3, -0.25) is 9.59 Å². The van der Waals surface area contributed by atoms with Gasteiger partial charge in [-0.1, -0.05) is 24.3 Å². The van der Waals surface area contributed by atoms with Crippen LogP contribution in [0.3, 0.4) is 0 Å². The van der Waals surface area contributed by atoms with Gasteiger partial charge in [0, 0.05) is 25.3 Å². The van der Waals surface area contributed by atoms with Crippen molar-refractivity contribution in [2.75, 3.05) is 5.88 Å². The topological polar surface area (TPSA) is 63.4 Å². The van der Waals surface area contributed by atoms with E-state index in [1.807, 2.05) is 24.3 Å². The molecule has 2 N–H and O–H groups in total. The van der Waals surface area contributed by atoms with Crippen LogP contribution in [0.25, 0.3) is 0 Å². The molecule has 1 aliphatic rings. The number of halogens is 1. The van der Waals surface area contributed by atoms with Crippen LogP contribution >= 0.6 is 11.6 Å². The average molecular weight is 295 g/mol. The third-order valence-electron chi connectivity index (χ3n) is 3.67. The van der Waals surface area contributed by atoms with Gasteiger partial charge >= 0.3 is 0 Å². The zero-order valence-electron chi connectivity index (χ0n) is 11.3. The van der Waals surface area contributed by atoms with E-state index >= 15 is 0 Å². The molecular formula is C15H19ClN2O2. The standard InChI is InChI=1S/C15H19ClN2O2/c16-8-4-3-7-14(19)18-10-12-6-2-1-5-11(12)9-13(18)15(17)20/h1-2,5-6,13H,3-4,7-10H2,(H2,17,20)/t13-/m0/s1. The summed E-state index contributed by atoms with van der Waals surface area (Å²) in [7, 11) is 0. The number of carbonyl (C=O) groups excluding carboxylic acids is 2. The first kappa shape index (κ1) is 14.9. The number of benzene rings is 1. The minimum Gasteiger partial charge on any atom is -0.368 e. The van der Waals surface area contributed by atoms with E-state index in [1.54, 1.807) is 4.90 Å². The van der Waals surface area contributed by atoms with Crippen molar-refractivity contribution in [1.82, 2.24) is 4.90 Å². The number of amides is 2. The molecule has 5 heteroatoms. The zero-order chi connectivity index (χ0) is 14.5. The first-order valence-electron chi connectivity index (χ1n) is 6.85. The van der Waals surface area contributed by atoms with Crippen molar-refractivity contribution in [2.45, 2.75) is 38.3 Å². The summed E-state index contributed by atoms with van der Waals surface area (Å²) in [6, 6.07) is 7.33. The SMILES string of the molecule is NC(=O)[C@@H]1Cc2ccccc2CN1C(=O)CCCCCl. The highest BCUT2D eigenvalue weighted by molar-refractivity contribution is 6.17. The Bertz CT molecular complexity index is 504. The van der Waals surface area contributed by atoms with E-state index in [0.29, 0.717) is 25.3 Å². The Kier molecular flexibility index (Phi) is 5.01. The van der Waals surface area contributed by atoms with Crippen molar-refractivity contribution in [2.24, 2.45) is 5.73 Å². The molecule has 1 atom stereocenters. The van der Waals surface area contributed by atoms with E-state index in [-0.39, 0.29) is 5.91 Å². The van der Waals surface area contributed by atoms with Gasteiger partial charge in [0.1, 0.15) is 6.04 Å². The van der Waals surface area contributed by atoms with Gasteiger partial charge in [-0.15, -0.1) is 11.6 Å². The van der Waals surface area contributed by atoms with Gasteiger partial charge in [0.2, 0.25) is 11.8 Å². The third-order valence-corrected chi connectivity index (χ3v) is 3.94. The number of carbonyl (C=O) groups is 2. The number of alkyl halides is 1. The van der Waals surface area contributed by atoms with Gasteiger partial charge in [0.25, 0.3) is 0 Å². The van der Waals surface area contributed by atoms with Crippen molar-refractivity contribution < 1.29 is 9.59 Å². The Balaban J connectivity index is 2.13. The van der Waals surface area contributed by atoms with Crippen LogP contribution in [0.2, 0.25) is 0 Å². The molecule has 0 radical (unpaired) electrons. The average Bonchev–Trinajstić information content (AvgIpc) is 2.46. The van der Waals surface area contributed by atoms with E-state index in [0.717, 1.165) is 24.0 Å². The van der Waals surface area contributed by atoms with Crippen LogP contribution in [-0.2, 0) is 22.6 Å². The summed E-state index contributed by atoms with van der Waals surface area (Å²) in [5, 5.41) is 0. The molecule has 2 rings (SSSR count). The second-order valence-electron chi connectivity index (χ2n) is 5.06. The van der Waals surface area contributed by atoms with E-state index in [4.69, 9.17) is 17.3 Å². The molecule has 20 heavy (non-hydrogen) atoms. The lowest BCUT2D eigenvalue weighted by Gasteiger charge is -2.35. The molecule has 0 aliphatic carbocycles. The van der Waals surface area contributed by atoms with E-state index in [2.05, 4.69) is 0 Å². The summed E-state index contributed by atoms with van der Waals surface area (Å²) < 4.78 is 0. The molecule has 0 bridgehead atoms. The number of nitrogens with two attached hydrogens (primary N) is 1. The Labute approximate surface area is 123 Å². The van der Waals surface area contributed by atoms with Gasteiger partial charge in [0.15, 0.2) is 0 Å². The molecule has 4 nitrogen and oxygen atoms in total. The van der Waals surface area contributed by atoms with Crippen LogP contribution in [0.5, 0.6) is 0 Å². The van der Waals surface area contributed by atoms with E-state index < -0.39 is 11.9 Å². The Morgan fingerprint density at radius 3 is 2.60 bits per heavy atom. The normalized spacial score (nSPS) is 17.6. The first-order chi connectivity index (χ1) is 9.63. The highest BCUT2D eigenvalue weighted by Crippen LogP contribution is 2.24. The van der Waals surface area contributed by atoms with Crippen LogP contribution in [0, 0.1) is 0 Å². The van der Waals surface area contributed by atoms with E-state index in [1.165, 1.54) is 0 Å². The Morgan fingerprint density at radius 1 is 1.25 bits per heavy atom. The fourth-order valence-corrected chi connectivity index (χ4v) is 2.74. The highest BCUT2D eigenvalue weighted by atomic mass is 35.5. The summed E-state index contributed by atoms with van der Waals surface area (Å²) in [6.07, 6.45) is 2.47. The van der Waals surface area contributed by atoms with Crippen molar-refractivity contribution in [3.8, 4) is 0 Å². The molecule has 0 unspecified atom stereocenters. The van der Waals surface area contributed by atoms with Crippen LogP contribution in [0.15, 0.2) is 24.3 Å². The number of fused-ring (bicyclic) bond motifs is 1. The van der Waals surface area contributed by atoms with Crippen LogP contribution in [-0.4, -0.2) is 28.6 Å². The lowest BCUT2D eigenvalue weighted by atomic mass is 9.93. The van der Waals surface area contributed by atoms with Gasteiger partial charge in [-0.2, -0.15) is 0 Å². The lowest BCUT2D eigenvalue weighted by molar-refractivity contribution is -0.140. The second kappa shape index (κ2) is 6.75. The molecule has 0 saturated heterocycles. The Hall–Kier alpha value is -1.55. The number of nitrogens with zero attached hydrogens (tertiary/aromatic N) is 1. The number of rotatable bonds is 5. The predicted octanol–water partition coefficient (Wildman–Crippen LogP) is 1.83. The summed E-state index contributed by atoms with van der Waals surface area (Å²) >= 11 is 5.62. The number of primary amides is 1. The molecule has 0 spiro atoms. The quantitative estimate of drug-likeness (QED) is 0.665. The van der Waals surface area contributed by atoms with Gasteiger partial charge in [-0.25, -0.2) is 0 Å². The molecule has 0 saturated carbocycles. The maximum atomic E-state index is 12.3. The molecule has 1 heterocycles. The number of hydrogen-bond donors (Lipinski definition) is 1. The molecule has 2 amide bonds. The third kappa shape index (κ3) is 3.31. The number of unbranched alkanes of at least 4 members (excludes halogenated alkanes) is 1. The molecule has 1 aliphatic heterocycles. The van der Waals surface area contributed by atoms with E-state index in [9.17, 15) is 9.59 Å². The van der Waals surface area contributed by atoms with Gasteiger partial charge < -0.3 is 10.6 Å². The fourth-order valence-electron chi connectivity index (χ4n) is 2.55. The van der Waals surface area contributed by atoms with Gasteiger partial charge in [-0.05, 0) is 24.0 Å². The minimum atomic E-state index is -0.534. The molecule has 1 aromatic rings. The van der Waals surface area contributed by atoms with Crippen molar-refractivity contribution >= 4 is 23.4 Å². The molecular weight excluding hydrogens is 276 g/mol. The van der Waals surface area contributed by atoms with Crippen LogP contribution in [0.1, 0.15) is 30.4 Å². The summed E-state index contributed by atoms with van der Waals surface area (Å²) in [5.74, 6) is 0.0913. The Morgan fingerprint density at radius 2 is 1.95 bits per heavy atom. The maximum absolute atomic E-state index is 12.3. The molecule has 108 valence electrons. The fraction of sp³-hybridized carbons (Fsp3) is 0.467. The first-order valence-corrected chi connectivity index (χ1v) is 7.38.